The van der Waals surface area contributed by atoms with Crippen molar-refractivity contribution in [1.29, 1.82) is 0 Å². The first-order valence-electron chi connectivity index (χ1n) is 9.08. The molecule has 2 nitrogen and oxygen atoms in total. The third kappa shape index (κ3) is 2.98. The van der Waals surface area contributed by atoms with E-state index in [-0.39, 0.29) is 5.82 Å². The van der Waals surface area contributed by atoms with E-state index in [0.717, 1.165) is 31.3 Å². The van der Waals surface area contributed by atoms with Crippen LogP contribution in [-0.4, -0.2) is 22.6 Å². The fourth-order valence-electron chi connectivity index (χ4n) is 4.06. The Morgan fingerprint density at radius 2 is 2.00 bits per heavy atom. The molecule has 2 heterocycles. The molecule has 0 saturated carbocycles. The Morgan fingerprint density at radius 3 is 2.80 bits per heavy atom. The summed E-state index contributed by atoms with van der Waals surface area (Å²) in [5.41, 5.74) is 6.52. The van der Waals surface area contributed by atoms with E-state index in [4.69, 9.17) is 0 Å². The van der Waals surface area contributed by atoms with Gasteiger partial charge in [-0.1, -0.05) is 29.8 Å². The highest BCUT2D eigenvalue weighted by atomic mass is 19.1. The van der Waals surface area contributed by atoms with Gasteiger partial charge in [0.15, 0.2) is 0 Å². The van der Waals surface area contributed by atoms with E-state index in [2.05, 4.69) is 54.6 Å². The molecular weight excluding hydrogens is 311 g/mol. The van der Waals surface area contributed by atoms with Crippen molar-refractivity contribution in [3.05, 3.63) is 70.7 Å². The van der Waals surface area contributed by atoms with Gasteiger partial charge in [-0.15, -0.1) is 0 Å². The second-order valence-corrected chi connectivity index (χ2v) is 7.45. The van der Waals surface area contributed by atoms with E-state index >= 15 is 0 Å². The van der Waals surface area contributed by atoms with Crippen molar-refractivity contribution in [1.82, 2.24) is 9.47 Å². The number of benzene rings is 2. The highest BCUT2D eigenvalue weighted by Gasteiger charge is 2.26. The topological polar surface area (TPSA) is 8.17 Å². The molecule has 0 fully saturated rings. The lowest BCUT2D eigenvalue weighted by molar-refractivity contribution is 0.228. The number of fused-ring (bicyclic) bond motifs is 3. The van der Waals surface area contributed by atoms with Gasteiger partial charge in [0.1, 0.15) is 5.82 Å². The zero-order chi connectivity index (χ0) is 17.6. The summed E-state index contributed by atoms with van der Waals surface area (Å²) in [6.07, 6.45) is 2.02. The molecule has 1 aliphatic rings. The van der Waals surface area contributed by atoms with Crippen LogP contribution in [0.15, 0.2) is 42.5 Å². The van der Waals surface area contributed by atoms with Gasteiger partial charge < -0.3 is 4.57 Å². The normalized spacial score (nSPS) is 17.8. The predicted molar refractivity (Wildman–Crippen MR) is 101 cm³/mol. The number of nitrogens with zero attached hydrogens (tertiary/aromatic N) is 2. The molecular formula is C22H25FN2. The van der Waals surface area contributed by atoms with Gasteiger partial charge in [-0.2, -0.15) is 0 Å². The van der Waals surface area contributed by atoms with Crippen molar-refractivity contribution >= 4 is 10.9 Å². The Labute approximate surface area is 148 Å². The Hall–Kier alpha value is -2.13. The molecule has 0 bridgehead atoms. The quantitative estimate of drug-likeness (QED) is 0.672. The van der Waals surface area contributed by atoms with Crippen LogP contribution < -0.4 is 0 Å². The van der Waals surface area contributed by atoms with E-state index in [9.17, 15) is 4.39 Å². The molecule has 0 spiro atoms. The van der Waals surface area contributed by atoms with Gasteiger partial charge in [0.25, 0.3) is 0 Å². The van der Waals surface area contributed by atoms with E-state index in [0.29, 0.717) is 6.04 Å². The fourth-order valence-corrected chi connectivity index (χ4v) is 4.06. The Kier molecular flexibility index (Phi) is 4.12. The number of rotatable bonds is 3. The van der Waals surface area contributed by atoms with Gasteiger partial charge in [0.2, 0.25) is 0 Å². The van der Waals surface area contributed by atoms with Crippen molar-refractivity contribution in [2.45, 2.75) is 45.8 Å². The zero-order valence-electron chi connectivity index (χ0n) is 15.2. The second-order valence-electron chi connectivity index (χ2n) is 7.45. The molecule has 1 aromatic heterocycles. The Bertz CT molecular complexity index is 925. The maximum atomic E-state index is 13.9. The van der Waals surface area contributed by atoms with Crippen LogP contribution in [0.5, 0.6) is 0 Å². The largest absolute Gasteiger partial charge is 0.344 e. The third-order valence-electron chi connectivity index (χ3n) is 5.60. The zero-order valence-corrected chi connectivity index (χ0v) is 15.2. The smallest absolute Gasteiger partial charge is 0.123 e. The molecule has 0 amide bonds. The number of halogens is 1. The number of likely N-dealkylation sites (N-methyl/N-ethyl adjacent to an activating group) is 1. The van der Waals surface area contributed by atoms with Crippen molar-refractivity contribution in [3.8, 4) is 0 Å². The number of aromatic nitrogens is 1. The van der Waals surface area contributed by atoms with Gasteiger partial charge in [-0.05, 0) is 56.6 Å². The highest BCUT2D eigenvalue weighted by Crippen LogP contribution is 2.33. The lowest BCUT2D eigenvalue weighted by Crippen LogP contribution is -2.35. The number of aryl methyl sites for hydroxylation is 3. The standard InChI is InChI=1S/C22H25FN2/c1-15-5-4-6-17(11-15)9-10-25-21-8-7-18(23)13-19(21)20-14-24(3)16(2)12-22(20)25/h4-8,11,13,16H,9-10,12,14H2,1-3H3. The first-order chi connectivity index (χ1) is 12.0. The summed E-state index contributed by atoms with van der Waals surface area (Å²) >= 11 is 0. The summed E-state index contributed by atoms with van der Waals surface area (Å²) < 4.78 is 16.3. The van der Waals surface area contributed by atoms with Crippen molar-refractivity contribution in [2.75, 3.05) is 7.05 Å². The molecule has 3 aromatic rings. The molecule has 2 aromatic carbocycles. The third-order valence-corrected chi connectivity index (χ3v) is 5.60. The van der Waals surface area contributed by atoms with Crippen LogP contribution in [0.4, 0.5) is 4.39 Å². The van der Waals surface area contributed by atoms with Gasteiger partial charge in [-0.25, -0.2) is 4.39 Å². The molecule has 25 heavy (non-hydrogen) atoms. The van der Waals surface area contributed by atoms with Crippen LogP contribution in [0.25, 0.3) is 10.9 Å². The maximum absolute atomic E-state index is 13.9. The summed E-state index contributed by atoms with van der Waals surface area (Å²) in [7, 11) is 2.16. The predicted octanol–water partition coefficient (Wildman–Crippen LogP) is 4.71. The Morgan fingerprint density at radius 1 is 1.16 bits per heavy atom. The Balaban J connectivity index is 1.76. The molecule has 3 heteroatoms. The van der Waals surface area contributed by atoms with Crippen molar-refractivity contribution in [2.24, 2.45) is 0 Å². The van der Waals surface area contributed by atoms with E-state index < -0.39 is 0 Å². The molecule has 1 unspecified atom stereocenters. The highest BCUT2D eigenvalue weighted by molar-refractivity contribution is 5.86. The number of hydrogen-bond donors (Lipinski definition) is 0. The molecule has 0 radical (unpaired) electrons. The molecule has 0 saturated heterocycles. The lowest BCUT2D eigenvalue weighted by atomic mass is 10.00. The van der Waals surface area contributed by atoms with Crippen LogP contribution in [0.2, 0.25) is 0 Å². The van der Waals surface area contributed by atoms with Gasteiger partial charge >= 0.3 is 0 Å². The molecule has 1 aliphatic heterocycles. The maximum Gasteiger partial charge on any atom is 0.123 e. The van der Waals surface area contributed by atoms with Gasteiger partial charge in [0.05, 0.1) is 0 Å². The summed E-state index contributed by atoms with van der Waals surface area (Å²) in [5.74, 6) is -0.146. The molecule has 0 aliphatic carbocycles. The number of hydrogen-bond acceptors (Lipinski definition) is 1. The average Bonchev–Trinajstić information content (AvgIpc) is 2.86. The van der Waals surface area contributed by atoms with Gasteiger partial charge in [0, 0.05) is 42.1 Å². The fraction of sp³-hybridized carbons (Fsp3) is 0.364. The van der Waals surface area contributed by atoms with Crippen molar-refractivity contribution < 1.29 is 4.39 Å². The molecule has 130 valence electrons. The average molecular weight is 336 g/mol. The second kappa shape index (κ2) is 6.30. The monoisotopic (exact) mass is 336 g/mol. The molecule has 1 atom stereocenters. The lowest BCUT2D eigenvalue weighted by Gasteiger charge is -2.31. The molecule has 0 N–H and O–H groups in total. The van der Waals surface area contributed by atoms with E-state index in [1.807, 2.05) is 6.07 Å². The van der Waals surface area contributed by atoms with E-state index in [1.54, 1.807) is 12.1 Å². The minimum atomic E-state index is -0.146. The minimum absolute atomic E-state index is 0.146. The SMILES string of the molecule is Cc1cccc(CCn2c3c(c4cc(F)ccc42)CN(C)C(C)C3)c1. The summed E-state index contributed by atoms with van der Waals surface area (Å²) in [6.45, 7) is 6.24. The van der Waals surface area contributed by atoms with Crippen LogP contribution in [0, 0.1) is 12.7 Å². The van der Waals surface area contributed by atoms with Crippen molar-refractivity contribution in [3.63, 3.8) is 0 Å². The van der Waals surface area contributed by atoms with E-state index in [1.165, 1.54) is 27.9 Å². The first kappa shape index (κ1) is 16.3. The summed E-state index contributed by atoms with van der Waals surface area (Å²) in [5, 5.41) is 1.08. The summed E-state index contributed by atoms with van der Waals surface area (Å²) in [6, 6.07) is 14.5. The van der Waals surface area contributed by atoms with Crippen LogP contribution in [0.1, 0.15) is 29.3 Å². The molecule has 4 rings (SSSR count). The van der Waals surface area contributed by atoms with Gasteiger partial charge in [-0.3, -0.25) is 4.90 Å². The summed E-state index contributed by atoms with van der Waals surface area (Å²) in [4.78, 5) is 2.36. The first-order valence-corrected chi connectivity index (χ1v) is 9.08. The van der Waals surface area contributed by atoms with Crippen LogP contribution in [-0.2, 0) is 25.9 Å². The van der Waals surface area contributed by atoms with Crippen LogP contribution in [0.3, 0.4) is 0 Å². The van der Waals surface area contributed by atoms with Crippen LogP contribution >= 0.6 is 0 Å². The minimum Gasteiger partial charge on any atom is -0.344 e.